The molecule has 1 aliphatic rings. The van der Waals surface area contributed by atoms with E-state index in [1.54, 1.807) is 12.1 Å². The van der Waals surface area contributed by atoms with E-state index in [9.17, 15) is 13.2 Å². The van der Waals surface area contributed by atoms with Crippen molar-refractivity contribution in [3.63, 3.8) is 0 Å². The quantitative estimate of drug-likeness (QED) is 0.716. The van der Waals surface area contributed by atoms with Crippen molar-refractivity contribution in [1.82, 2.24) is 5.32 Å². The molecule has 1 unspecified atom stereocenters. The predicted octanol–water partition coefficient (Wildman–Crippen LogP) is 4.51. The van der Waals surface area contributed by atoms with Crippen LogP contribution in [0.2, 0.25) is 0 Å². The van der Waals surface area contributed by atoms with Crippen LogP contribution in [-0.4, -0.2) is 27.1 Å². The predicted molar refractivity (Wildman–Crippen MR) is 127 cm³/mol. The van der Waals surface area contributed by atoms with Gasteiger partial charge in [0.2, 0.25) is 15.9 Å². The van der Waals surface area contributed by atoms with Crippen LogP contribution in [0.15, 0.2) is 42.5 Å². The molecule has 168 valence electrons. The zero-order valence-electron chi connectivity index (χ0n) is 19.2. The largest absolute Gasteiger partial charge is 0.348 e. The first-order chi connectivity index (χ1) is 14.4. The van der Waals surface area contributed by atoms with E-state index < -0.39 is 10.0 Å². The number of nitrogens with one attached hydrogen (secondary N) is 1. The second-order valence-electron chi connectivity index (χ2n) is 9.59. The van der Waals surface area contributed by atoms with Crippen molar-refractivity contribution in [1.29, 1.82) is 0 Å². The first-order valence-corrected chi connectivity index (χ1v) is 12.8. The Morgan fingerprint density at radius 2 is 1.65 bits per heavy atom. The van der Waals surface area contributed by atoms with Gasteiger partial charge in [0, 0.05) is 0 Å². The molecule has 0 aliphatic heterocycles. The number of sulfonamides is 1. The lowest BCUT2D eigenvalue weighted by molar-refractivity contribution is -0.120. The van der Waals surface area contributed by atoms with E-state index in [-0.39, 0.29) is 23.9 Å². The Morgan fingerprint density at radius 3 is 2.23 bits per heavy atom. The normalized spacial score (nSPS) is 15.1. The Morgan fingerprint density at radius 1 is 1.03 bits per heavy atom. The SMILES string of the molecule is CC(NC(=O)CN(c1ccc(C(C)(C)C)cc1)S(C)(=O)=O)c1ccc2c(c1)CCCC2. The summed E-state index contributed by atoms with van der Waals surface area (Å²) in [4.78, 5) is 12.8. The van der Waals surface area contributed by atoms with Crippen LogP contribution >= 0.6 is 0 Å². The van der Waals surface area contributed by atoms with Crippen LogP contribution < -0.4 is 9.62 Å². The number of hydrogen-bond donors (Lipinski definition) is 1. The number of carbonyl (C=O) groups is 1. The number of aryl methyl sites for hydroxylation is 2. The monoisotopic (exact) mass is 442 g/mol. The van der Waals surface area contributed by atoms with Gasteiger partial charge in [-0.05, 0) is 72.4 Å². The van der Waals surface area contributed by atoms with E-state index in [0.717, 1.165) is 34.5 Å². The van der Waals surface area contributed by atoms with Crippen LogP contribution in [-0.2, 0) is 33.1 Å². The Kier molecular flexibility index (Phi) is 6.79. The second-order valence-corrected chi connectivity index (χ2v) is 11.5. The molecule has 2 aromatic rings. The lowest BCUT2D eigenvalue weighted by atomic mass is 9.87. The Hall–Kier alpha value is -2.34. The molecule has 3 rings (SSSR count). The summed E-state index contributed by atoms with van der Waals surface area (Å²) >= 11 is 0. The van der Waals surface area contributed by atoms with E-state index in [0.29, 0.717) is 5.69 Å². The van der Waals surface area contributed by atoms with Crippen LogP contribution in [0.5, 0.6) is 0 Å². The van der Waals surface area contributed by atoms with E-state index in [2.05, 4.69) is 44.3 Å². The van der Waals surface area contributed by atoms with Gasteiger partial charge in [-0.1, -0.05) is 51.1 Å². The van der Waals surface area contributed by atoms with Crippen molar-refractivity contribution in [3.8, 4) is 0 Å². The Bertz CT molecular complexity index is 1040. The fourth-order valence-electron chi connectivity index (χ4n) is 4.05. The van der Waals surface area contributed by atoms with Gasteiger partial charge in [-0.2, -0.15) is 0 Å². The van der Waals surface area contributed by atoms with Crippen LogP contribution in [0.4, 0.5) is 5.69 Å². The van der Waals surface area contributed by atoms with Gasteiger partial charge >= 0.3 is 0 Å². The molecule has 6 heteroatoms. The number of anilines is 1. The Balaban J connectivity index is 1.72. The third-order valence-electron chi connectivity index (χ3n) is 5.96. The van der Waals surface area contributed by atoms with Gasteiger partial charge in [-0.3, -0.25) is 9.10 Å². The highest BCUT2D eigenvalue weighted by molar-refractivity contribution is 7.92. The number of fused-ring (bicyclic) bond motifs is 1. The van der Waals surface area contributed by atoms with Gasteiger partial charge < -0.3 is 5.32 Å². The minimum Gasteiger partial charge on any atom is -0.348 e. The van der Waals surface area contributed by atoms with Crippen molar-refractivity contribution < 1.29 is 13.2 Å². The molecule has 0 saturated carbocycles. The first-order valence-electron chi connectivity index (χ1n) is 10.9. The maximum absolute atomic E-state index is 12.8. The van der Waals surface area contributed by atoms with Gasteiger partial charge in [0.05, 0.1) is 18.0 Å². The van der Waals surface area contributed by atoms with E-state index >= 15 is 0 Å². The molecule has 5 nitrogen and oxygen atoms in total. The summed E-state index contributed by atoms with van der Waals surface area (Å²) < 4.78 is 26.0. The standard InChI is InChI=1S/C25H34N2O3S/c1-18(20-11-10-19-8-6-7-9-21(19)16-20)26-24(28)17-27(31(5,29)30)23-14-12-22(13-15-23)25(2,3)4/h10-16,18H,6-9,17H2,1-5H3,(H,26,28). The van der Waals surface area contributed by atoms with Gasteiger partial charge in [0.1, 0.15) is 6.54 Å². The summed E-state index contributed by atoms with van der Waals surface area (Å²) in [5, 5.41) is 2.97. The van der Waals surface area contributed by atoms with Crippen molar-refractivity contribution in [2.75, 3.05) is 17.1 Å². The van der Waals surface area contributed by atoms with Crippen LogP contribution in [0.1, 0.15) is 68.8 Å². The Labute approximate surface area is 186 Å². The molecule has 0 fully saturated rings. The molecule has 0 saturated heterocycles. The van der Waals surface area contributed by atoms with E-state index in [1.165, 1.54) is 24.0 Å². The maximum Gasteiger partial charge on any atom is 0.241 e. The summed E-state index contributed by atoms with van der Waals surface area (Å²) in [7, 11) is -3.60. The average molecular weight is 443 g/mol. The molecule has 1 N–H and O–H groups in total. The average Bonchev–Trinajstić information content (AvgIpc) is 2.70. The fourth-order valence-corrected chi connectivity index (χ4v) is 4.91. The smallest absolute Gasteiger partial charge is 0.241 e. The number of carbonyl (C=O) groups excluding carboxylic acids is 1. The van der Waals surface area contributed by atoms with Crippen molar-refractivity contribution in [2.45, 2.75) is 64.8 Å². The van der Waals surface area contributed by atoms with E-state index in [1.807, 2.05) is 19.1 Å². The lowest BCUT2D eigenvalue weighted by Gasteiger charge is -2.25. The van der Waals surface area contributed by atoms with Crippen LogP contribution in [0, 0.1) is 0 Å². The first kappa shape index (κ1) is 23.3. The topological polar surface area (TPSA) is 66.5 Å². The molecule has 0 bridgehead atoms. The maximum atomic E-state index is 12.8. The highest BCUT2D eigenvalue weighted by Gasteiger charge is 2.23. The summed E-state index contributed by atoms with van der Waals surface area (Å²) in [6, 6.07) is 13.6. The van der Waals surface area contributed by atoms with Gasteiger partial charge in [0.25, 0.3) is 0 Å². The van der Waals surface area contributed by atoms with Crippen molar-refractivity contribution >= 4 is 21.6 Å². The van der Waals surface area contributed by atoms with Crippen LogP contribution in [0.3, 0.4) is 0 Å². The second kappa shape index (κ2) is 9.03. The minimum atomic E-state index is -3.60. The molecule has 0 aromatic heterocycles. The van der Waals surface area contributed by atoms with Crippen molar-refractivity contribution in [2.24, 2.45) is 0 Å². The molecule has 1 amide bonds. The summed E-state index contributed by atoms with van der Waals surface area (Å²) in [6.07, 6.45) is 5.76. The molecule has 1 atom stereocenters. The molecule has 0 spiro atoms. The number of rotatable bonds is 6. The summed E-state index contributed by atoms with van der Waals surface area (Å²) in [5.74, 6) is -0.324. The third kappa shape index (κ3) is 5.88. The lowest BCUT2D eigenvalue weighted by Crippen LogP contribution is -2.41. The van der Waals surface area contributed by atoms with Gasteiger partial charge in [0.15, 0.2) is 0 Å². The molecule has 2 aromatic carbocycles. The number of amides is 1. The minimum absolute atomic E-state index is 0.0316. The van der Waals surface area contributed by atoms with Crippen LogP contribution in [0.25, 0.3) is 0 Å². The molecule has 0 heterocycles. The van der Waals surface area contributed by atoms with Crippen molar-refractivity contribution in [3.05, 3.63) is 64.7 Å². The molecule has 1 aliphatic carbocycles. The van der Waals surface area contributed by atoms with Gasteiger partial charge in [-0.25, -0.2) is 8.42 Å². The fraction of sp³-hybridized carbons (Fsp3) is 0.480. The molecular weight excluding hydrogens is 408 g/mol. The summed E-state index contributed by atoms with van der Waals surface area (Å²) in [6.45, 7) is 8.00. The molecule has 31 heavy (non-hydrogen) atoms. The van der Waals surface area contributed by atoms with Gasteiger partial charge in [-0.15, -0.1) is 0 Å². The summed E-state index contributed by atoms with van der Waals surface area (Å²) in [5.41, 5.74) is 5.38. The number of benzene rings is 2. The highest BCUT2D eigenvalue weighted by Crippen LogP contribution is 2.27. The number of hydrogen-bond acceptors (Lipinski definition) is 3. The number of nitrogens with zero attached hydrogens (tertiary/aromatic N) is 1. The highest BCUT2D eigenvalue weighted by atomic mass is 32.2. The molecule has 0 radical (unpaired) electrons. The third-order valence-corrected chi connectivity index (χ3v) is 7.10. The zero-order valence-corrected chi connectivity index (χ0v) is 20.1. The molecular formula is C25H34N2O3S. The zero-order chi connectivity index (χ0) is 22.8. The van der Waals surface area contributed by atoms with E-state index in [4.69, 9.17) is 0 Å².